The van der Waals surface area contributed by atoms with Crippen molar-refractivity contribution in [2.75, 3.05) is 0 Å². The highest BCUT2D eigenvalue weighted by atomic mass is 16.2. The number of nitrogens with two attached hydrogens (primary N) is 1. The van der Waals surface area contributed by atoms with Gasteiger partial charge in [-0.3, -0.25) is 9.59 Å². The van der Waals surface area contributed by atoms with E-state index in [1.165, 1.54) is 0 Å². The average Bonchev–Trinajstić information content (AvgIpc) is 2.53. The highest BCUT2D eigenvalue weighted by Gasteiger charge is 2.20. The molecule has 0 spiro atoms. The smallest absolute Gasteiger partial charge is 0.251 e. The molecule has 5 nitrogen and oxygen atoms in total. The number of rotatable bonds is 5. The van der Waals surface area contributed by atoms with Gasteiger partial charge in [-0.05, 0) is 43.7 Å². The van der Waals surface area contributed by atoms with E-state index in [0.29, 0.717) is 11.1 Å². The largest absolute Gasteiger partial charge is 0.368 e. The molecule has 2 aromatic rings. The second-order valence-corrected chi connectivity index (χ2v) is 5.82. The van der Waals surface area contributed by atoms with E-state index in [9.17, 15) is 9.59 Å². The first-order valence-electron chi connectivity index (χ1n) is 7.56. The molecular weight excluding hydrogens is 302 g/mol. The molecule has 0 aliphatic heterocycles. The van der Waals surface area contributed by atoms with Gasteiger partial charge in [-0.2, -0.15) is 5.26 Å². The van der Waals surface area contributed by atoms with Gasteiger partial charge in [0.05, 0.1) is 11.6 Å². The summed E-state index contributed by atoms with van der Waals surface area (Å²) >= 11 is 0. The summed E-state index contributed by atoms with van der Waals surface area (Å²) in [6.45, 7) is 3.81. The van der Waals surface area contributed by atoms with Crippen molar-refractivity contribution >= 4 is 11.8 Å². The van der Waals surface area contributed by atoms with Crippen LogP contribution in [0.25, 0.3) is 0 Å². The molecule has 0 saturated carbocycles. The molecule has 0 unspecified atom stereocenters. The molecular formula is C19H19N3O2. The molecule has 0 fully saturated rings. The lowest BCUT2D eigenvalue weighted by atomic mass is 10.0. The SMILES string of the molecule is Cc1cc(C)cc(C(=O)N[C@H](Cc2cccc(C#N)c2)C(N)=O)c1. The fourth-order valence-corrected chi connectivity index (χ4v) is 2.57. The fraction of sp³-hybridized carbons (Fsp3) is 0.211. The highest BCUT2D eigenvalue weighted by Crippen LogP contribution is 2.11. The van der Waals surface area contributed by atoms with Gasteiger partial charge in [-0.1, -0.05) is 29.3 Å². The lowest BCUT2D eigenvalue weighted by Gasteiger charge is -2.16. The van der Waals surface area contributed by atoms with Crippen LogP contribution in [0.4, 0.5) is 0 Å². The maximum Gasteiger partial charge on any atom is 0.251 e. The minimum absolute atomic E-state index is 0.237. The number of hydrogen-bond donors (Lipinski definition) is 2. The molecule has 24 heavy (non-hydrogen) atoms. The van der Waals surface area contributed by atoms with E-state index in [2.05, 4.69) is 5.32 Å². The Kier molecular flexibility index (Phi) is 5.33. The van der Waals surface area contributed by atoms with Gasteiger partial charge in [-0.25, -0.2) is 0 Å². The van der Waals surface area contributed by atoms with Crippen LogP contribution < -0.4 is 11.1 Å². The van der Waals surface area contributed by atoms with Gasteiger partial charge in [0, 0.05) is 12.0 Å². The van der Waals surface area contributed by atoms with Gasteiger partial charge in [-0.15, -0.1) is 0 Å². The summed E-state index contributed by atoms with van der Waals surface area (Å²) in [5.41, 5.74) is 9.11. The third-order valence-corrected chi connectivity index (χ3v) is 3.63. The number of hydrogen-bond acceptors (Lipinski definition) is 3. The van der Waals surface area contributed by atoms with Crippen LogP contribution in [0.1, 0.15) is 32.6 Å². The van der Waals surface area contributed by atoms with E-state index in [4.69, 9.17) is 11.0 Å². The molecule has 0 aliphatic rings. The molecule has 1 atom stereocenters. The molecule has 2 aromatic carbocycles. The second kappa shape index (κ2) is 7.42. The van der Waals surface area contributed by atoms with Crippen molar-refractivity contribution in [3.63, 3.8) is 0 Å². The van der Waals surface area contributed by atoms with Crippen LogP contribution in [0, 0.1) is 25.2 Å². The normalized spacial score (nSPS) is 11.4. The maximum absolute atomic E-state index is 12.4. The first-order valence-corrected chi connectivity index (χ1v) is 7.56. The predicted octanol–water partition coefficient (Wildman–Crippen LogP) is 2.00. The molecule has 0 bridgehead atoms. The van der Waals surface area contributed by atoms with Crippen molar-refractivity contribution < 1.29 is 9.59 Å². The van der Waals surface area contributed by atoms with Crippen LogP contribution in [0.5, 0.6) is 0 Å². The lowest BCUT2D eigenvalue weighted by Crippen LogP contribution is -2.45. The summed E-state index contributed by atoms with van der Waals surface area (Å²) in [5, 5.41) is 11.6. The van der Waals surface area contributed by atoms with Gasteiger partial charge in [0.1, 0.15) is 6.04 Å². The molecule has 3 N–H and O–H groups in total. The molecule has 0 aromatic heterocycles. The topological polar surface area (TPSA) is 96.0 Å². The van der Waals surface area contributed by atoms with Crippen LogP contribution >= 0.6 is 0 Å². The Morgan fingerprint density at radius 2 is 1.83 bits per heavy atom. The van der Waals surface area contributed by atoms with Crippen molar-refractivity contribution in [1.29, 1.82) is 5.26 Å². The first-order chi connectivity index (χ1) is 11.4. The Bertz CT molecular complexity index is 801. The van der Waals surface area contributed by atoms with Gasteiger partial charge in [0.25, 0.3) is 5.91 Å². The molecule has 0 heterocycles. The number of benzene rings is 2. The van der Waals surface area contributed by atoms with E-state index in [1.807, 2.05) is 26.0 Å². The maximum atomic E-state index is 12.4. The number of carbonyl (C=O) groups is 2. The average molecular weight is 321 g/mol. The Morgan fingerprint density at radius 3 is 2.42 bits per heavy atom. The monoisotopic (exact) mass is 321 g/mol. The molecule has 0 saturated heterocycles. The second-order valence-electron chi connectivity index (χ2n) is 5.82. The third kappa shape index (κ3) is 4.43. The standard InChI is InChI=1S/C19H19N3O2/c1-12-6-13(2)8-16(7-12)19(24)22-17(18(21)23)10-14-4-3-5-15(9-14)11-20/h3-9,17H,10H2,1-2H3,(H2,21,23)(H,22,24)/t17-/m1/s1. The number of carbonyl (C=O) groups excluding carboxylic acids is 2. The number of nitrogens with one attached hydrogen (secondary N) is 1. The van der Waals surface area contributed by atoms with Gasteiger partial charge >= 0.3 is 0 Å². The summed E-state index contributed by atoms with van der Waals surface area (Å²) in [7, 11) is 0. The predicted molar refractivity (Wildman–Crippen MR) is 91.2 cm³/mol. The van der Waals surface area contributed by atoms with Gasteiger partial charge < -0.3 is 11.1 Å². The van der Waals surface area contributed by atoms with E-state index in [-0.39, 0.29) is 12.3 Å². The van der Waals surface area contributed by atoms with Crippen LogP contribution in [0.2, 0.25) is 0 Å². The zero-order valence-corrected chi connectivity index (χ0v) is 13.7. The van der Waals surface area contributed by atoms with Crippen molar-refractivity contribution in [3.8, 4) is 6.07 Å². The third-order valence-electron chi connectivity index (χ3n) is 3.63. The molecule has 5 heteroatoms. The Balaban J connectivity index is 2.17. The van der Waals surface area contributed by atoms with E-state index < -0.39 is 11.9 Å². The number of nitrogens with zero attached hydrogens (tertiary/aromatic N) is 1. The molecule has 122 valence electrons. The van der Waals surface area contributed by atoms with Crippen LogP contribution in [-0.2, 0) is 11.2 Å². The molecule has 0 aliphatic carbocycles. The van der Waals surface area contributed by atoms with Gasteiger partial charge in [0.15, 0.2) is 0 Å². The van der Waals surface area contributed by atoms with Gasteiger partial charge in [0.2, 0.25) is 5.91 Å². The molecule has 2 rings (SSSR count). The quantitative estimate of drug-likeness (QED) is 0.881. The molecule has 2 amide bonds. The van der Waals surface area contributed by atoms with Crippen LogP contribution in [0.3, 0.4) is 0 Å². The summed E-state index contributed by atoms with van der Waals surface area (Å²) in [6, 6.07) is 13.6. The minimum atomic E-state index is -0.840. The van der Waals surface area contributed by atoms with Crippen LogP contribution in [0.15, 0.2) is 42.5 Å². The first kappa shape index (κ1) is 17.2. The zero-order valence-electron chi connectivity index (χ0n) is 13.7. The summed E-state index contributed by atoms with van der Waals surface area (Å²) in [6.07, 6.45) is 0.237. The number of primary amides is 1. The summed E-state index contributed by atoms with van der Waals surface area (Å²) in [5.74, 6) is -0.961. The van der Waals surface area contributed by atoms with Crippen molar-refractivity contribution in [3.05, 3.63) is 70.3 Å². The number of aryl methyl sites for hydroxylation is 2. The fourth-order valence-electron chi connectivity index (χ4n) is 2.57. The van der Waals surface area contributed by atoms with Crippen molar-refractivity contribution in [2.45, 2.75) is 26.3 Å². The highest BCUT2D eigenvalue weighted by molar-refractivity contribution is 5.97. The van der Waals surface area contributed by atoms with Crippen molar-refractivity contribution in [2.24, 2.45) is 5.73 Å². The number of nitriles is 1. The Labute approximate surface area is 141 Å². The van der Waals surface area contributed by atoms with E-state index >= 15 is 0 Å². The lowest BCUT2D eigenvalue weighted by molar-refractivity contribution is -0.119. The minimum Gasteiger partial charge on any atom is -0.368 e. The van der Waals surface area contributed by atoms with E-state index in [0.717, 1.165) is 16.7 Å². The summed E-state index contributed by atoms with van der Waals surface area (Å²) in [4.78, 5) is 24.1. The Hall–Kier alpha value is -3.13. The van der Waals surface area contributed by atoms with Crippen molar-refractivity contribution in [1.82, 2.24) is 5.32 Å². The van der Waals surface area contributed by atoms with E-state index in [1.54, 1.807) is 36.4 Å². The molecule has 0 radical (unpaired) electrons. The van der Waals surface area contributed by atoms with Crippen LogP contribution in [-0.4, -0.2) is 17.9 Å². The zero-order chi connectivity index (χ0) is 17.7. The Morgan fingerprint density at radius 1 is 1.17 bits per heavy atom. The number of amides is 2. The summed E-state index contributed by atoms with van der Waals surface area (Å²) < 4.78 is 0.